The Labute approximate surface area is 113 Å². The molecular weight excluding hydrogens is 296 g/mol. The molecule has 0 spiro atoms. The van der Waals surface area contributed by atoms with Gasteiger partial charge in [-0.25, -0.2) is 4.98 Å². The molecule has 0 radical (unpaired) electrons. The van der Waals surface area contributed by atoms with Gasteiger partial charge in [-0.2, -0.15) is 0 Å². The Bertz CT molecular complexity index is 572. The molecule has 1 heterocycles. The molecule has 1 aromatic heterocycles. The molecule has 0 aliphatic heterocycles. The van der Waals surface area contributed by atoms with Gasteiger partial charge >= 0.3 is 0 Å². The first-order valence-electron chi connectivity index (χ1n) is 5.32. The third-order valence-corrected chi connectivity index (χ3v) is 2.54. The van der Waals surface area contributed by atoms with Gasteiger partial charge < -0.3 is 10.1 Å². The molecule has 0 saturated carbocycles. The first kappa shape index (κ1) is 12.6. The van der Waals surface area contributed by atoms with Crippen molar-refractivity contribution < 1.29 is 9.53 Å². The number of para-hydroxylation sites is 2. The minimum atomic E-state index is -0.145. The fraction of sp³-hybridized carbons (Fsp3) is 0.0769. The van der Waals surface area contributed by atoms with Crippen molar-refractivity contribution in [3.8, 4) is 11.6 Å². The summed E-state index contributed by atoms with van der Waals surface area (Å²) in [7, 11) is 0. The van der Waals surface area contributed by atoms with Crippen molar-refractivity contribution in [3.63, 3.8) is 0 Å². The lowest BCUT2D eigenvalue weighted by Gasteiger charge is -2.10. The zero-order chi connectivity index (χ0) is 13.0. The number of halogens is 1. The Morgan fingerprint density at radius 1 is 1.22 bits per heavy atom. The number of amides is 1. The van der Waals surface area contributed by atoms with E-state index in [0.717, 1.165) is 0 Å². The van der Waals surface area contributed by atoms with E-state index in [1.807, 2.05) is 24.3 Å². The van der Waals surface area contributed by atoms with Crippen LogP contribution in [0.4, 0.5) is 5.69 Å². The van der Waals surface area contributed by atoms with Crippen LogP contribution in [0, 0.1) is 0 Å². The van der Waals surface area contributed by atoms with Gasteiger partial charge in [0, 0.05) is 13.0 Å². The Kier molecular flexibility index (Phi) is 3.94. The number of hydrogen-bond donors (Lipinski definition) is 1. The number of benzene rings is 1. The maximum atomic E-state index is 11.1. The summed E-state index contributed by atoms with van der Waals surface area (Å²) in [6.45, 7) is 1.45. The van der Waals surface area contributed by atoms with Crippen LogP contribution in [0.25, 0.3) is 0 Å². The van der Waals surface area contributed by atoms with Crippen LogP contribution in [-0.4, -0.2) is 10.9 Å². The first-order valence-corrected chi connectivity index (χ1v) is 6.11. The quantitative estimate of drug-likeness (QED) is 0.882. The Morgan fingerprint density at radius 3 is 2.72 bits per heavy atom. The van der Waals surface area contributed by atoms with Crippen LogP contribution in [0.15, 0.2) is 47.1 Å². The molecule has 0 bridgehead atoms. The molecule has 0 atom stereocenters. The van der Waals surface area contributed by atoms with Crippen LogP contribution in [0.2, 0.25) is 0 Å². The minimum absolute atomic E-state index is 0.145. The molecular formula is C13H11BrN2O2. The summed E-state index contributed by atoms with van der Waals surface area (Å²) in [6.07, 6.45) is 0. The standard InChI is InChI=1S/C13H11BrN2O2/c1-9(17)15-10-5-2-3-6-11(10)18-13-8-4-7-12(14)16-13/h2-8H,1H3,(H,15,17). The van der Waals surface area contributed by atoms with E-state index in [4.69, 9.17) is 4.74 Å². The van der Waals surface area contributed by atoms with Crippen molar-refractivity contribution >= 4 is 27.5 Å². The number of aromatic nitrogens is 1. The number of carbonyl (C=O) groups excluding carboxylic acids is 1. The molecule has 1 aromatic carbocycles. The zero-order valence-corrected chi connectivity index (χ0v) is 11.3. The zero-order valence-electron chi connectivity index (χ0n) is 9.68. The van der Waals surface area contributed by atoms with Crippen molar-refractivity contribution in [3.05, 3.63) is 47.1 Å². The second kappa shape index (κ2) is 5.64. The Hall–Kier alpha value is -1.88. The molecule has 0 aliphatic carbocycles. The van der Waals surface area contributed by atoms with Crippen molar-refractivity contribution in [2.75, 3.05) is 5.32 Å². The van der Waals surface area contributed by atoms with Crippen LogP contribution in [0.3, 0.4) is 0 Å². The number of anilines is 1. The van der Waals surface area contributed by atoms with Gasteiger partial charge in [0.1, 0.15) is 4.60 Å². The number of carbonyl (C=O) groups is 1. The summed E-state index contributed by atoms with van der Waals surface area (Å²) >= 11 is 3.27. The van der Waals surface area contributed by atoms with Gasteiger partial charge in [-0.3, -0.25) is 4.79 Å². The summed E-state index contributed by atoms with van der Waals surface area (Å²) in [5.74, 6) is 0.869. The van der Waals surface area contributed by atoms with E-state index in [9.17, 15) is 4.79 Å². The molecule has 1 N–H and O–H groups in total. The summed E-state index contributed by atoms with van der Waals surface area (Å²) in [5.41, 5.74) is 0.617. The molecule has 92 valence electrons. The normalized spacial score (nSPS) is 9.89. The molecule has 4 nitrogen and oxygen atoms in total. The van der Waals surface area contributed by atoms with Gasteiger partial charge in [0.25, 0.3) is 0 Å². The minimum Gasteiger partial charge on any atom is -0.437 e. The molecule has 0 aliphatic rings. The smallest absolute Gasteiger partial charge is 0.221 e. The molecule has 0 unspecified atom stereocenters. The van der Waals surface area contributed by atoms with Crippen molar-refractivity contribution in [1.29, 1.82) is 0 Å². The molecule has 0 saturated heterocycles. The monoisotopic (exact) mass is 306 g/mol. The fourth-order valence-electron chi connectivity index (χ4n) is 1.41. The number of nitrogens with zero attached hydrogens (tertiary/aromatic N) is 1. The van der Waals surface area contributed by atoms with Crippen molar-refractivity contribution in [1.82, 2.24) is 4.98 Å². The number of ether oxygens (including phenoxy) is 1. The fourth-order valence-corrected chi connectivity index (χ4v) is 1.74. The average molecular weight is 307 g/mol. The number of nitrogens with one attached hydrogen (secondary N) is 1. The van der Waals surface area contributed by atoms with E-state index in [0.29, 0.717) is 21.9 Å². The molecule has 2 aromatic rings. The highest BCUT2D eigenvalue weighted by Gasteiger charge is 2.06. The highest BCUT2D eigenvalue weighted by Crippen LogP contribution is 2.28. The average Bonchev–Trinajstić information content (AvgIpc) is 2.31. The highest BCUT2D eigenvalue weighted by atomic mass is 79.9. The second-order valence-electron chi connectivity index (χ2n) is 3.58. The SMILES string of the molecule is CC(=O)Nc1ccccc1Oc1cccc(Br)n1. The summed E-state index contributed by atoms with van der Waals surface area (Å²) in [4.78, 5) is 15.3. The van der Waals surface area contributed by atoms with E-state index in [1.54, 1.807) is 18.2 Å². The Morgan fingerprint density at radius 2 is 2.00 bits per heavy atom. The molecule has 5 heteroatoms. The third-order valence-electron chi connectivity index (χ3n) is 2.10. The second-order valence-corrected chi connectivity index (χ2v) is 4.39. The van der Waals surface area contributed by atoms with Crippen LogP contribution >= 0.6 is 15.9 Å². The van der Waals surface area contributed by atoms with E-state index in [-0.39, 0.29) is 5.91 Å². The predicted molar refractivity (Wildman–Crippen MR) is 72.8 cm³/mol. The van der Waals surface area contributed by atoms with Crippen LogP contribution in [0.5, 0.6) is 11.6 Å². The van der Waals surface area contributed by atoms with Crippen molar-refractivity contribution in [2.24, 2.45) is 0 Å². The largest absolute Gasteiger partial charge is 0.437 e. The van der Waals surface area contributed by atoms with Gasteiger partial charge in [0.05, 0.1) is 5.69 Å². The van der Waals surface area contributed by atoms with Crippen LogP contribution in [0.1, 0.15) is 6.92 Å². The highest BCUT2D eigenvalue weighted by molar-refractivity contribution is 9.10. The third kappa shape index (κ3) is 3.30. The van der Waals surface area contributed by atoms with Gasteiger partial charge in [0.2, 0.25) is 11.8 Å². The van der Waals surface area contributed by atoms with Gasteiger partial charge in [-0.15, -0.1) is 0 Å². The lowest BCUT2D eigenvalue weighted by Crippen LogP contribution is -2.06. The summed E-state index contributed by atoms with van der Waals surface area (Å²) in [5, 5.41) is 2.70. The summed E-state index contributed by atoms with van der Waals surface area (Å²) < 4.78 is 6.33. The molecule has 1 amide bonds. The molecule has 18 heavy (non-hydrogen) atoms. The maximum Gasteiger partial charge on any atom is 0.221 e. The van der Waals surface area contributed by atoms with E-state index < -0.39 is 0 Å². The van der Waals surface area contributed by atoms with E-state index in [1.165, 1.54) is 6.92 Å². The first-order chi connectivity index (χ1) is 8.65. The number of rotatable bonds is 3. The molecule has 2 rings (SSSR count). The topological polar surface area (TPSA) is 51.2 Å². The van der Waals surface area contributed by atoms with Crippen molar-refractivity contribution in [2.45, 2.75) is 6.92 Å². The lowest BCUT2D eigenvalue weighted by molar-refractivity contribution is -0.114. The van der Waals surface area contributed by atoms with E-state index >= 15 is 0 Å². The Balaban J connectivity index is 2.26. The summed E-state index contributed by atoms with van der Waals surface area (Å²) in [6, 6.07) is 12.6. The molecule has 0 fully saturated rings. The van der Waals surface area contributed by atoms with Gasteiger partial charge in [-0.05, 0) is 34.1 Å². The van der Waals surface area contributed by atoms with Gasteiger partial charge in [-0.1, -0.05) is 18.2 Å². The van der Waals surface area contributed by atoms with Crippen LogP contribution < -0.4 is 10.1 Å². The number of hydrogen-bond acceptors (Lipinski definition) is 3. The predicted octanol–water partition coefficient (Wildman–Crippen LogP) is 3.59. The number of pyridine rings is 1. The van der Waals surface area contributed by atoms with E-state index in [2.05, 4.69) is 26.2 Å². The van der Waals surface area contributed by atoms with Gasteiger partial charge in [0.15, 0.2) is 5.75 Å². The maximum absolute atomic E-state index is 11.1. The lowest BCUT2D eigenvalue weighted by atomic mass is 10.3. The van der Waals surface area contributed by atoms with Crippen LogP contribution in [-0.2, 0) is 4.79 Å².